The minimum atomic E-state index is 0.110. The minimum absolute atomic E-state index is 0.110. The standard InChI is InChI=1S/C15H31NO5/c1-2-3-6-18-9-11-20-12-10-19-7-4-16-5-8-21-14-15(16)13-17/h15,17H,2-14H2,1H3. The van der Waals surface area contributed by atoms with Gasteiger partial charge in [0, 0.05) is 19.7 Å². The van der Waals surface area contributed by atoms with Crippen LogP contribution in [0.2, 0.25) is 0 Å². The molecule has 1 aliphatic rings. The molecule has 6 heteroatoms. The van der Waals surface area contributed by atoms with Crippen molar-refractivity contribution in [2.24, 2.45) is 0 Å². The van der Waals surface area contributed by atoms with Crippen molar-refractivity contribution in [1.29, 1.82) is 0 Å². The van der Waals surface area contributed by atoms with E-state index in [0.29, 0.717) is 39.6 Å². The van der Waals surface area contributed by atoms with Gasteiger partial charge in [-0.3, -0.25) is 4.90 Å². The maximum Gasteiger partial charge on any atom is 0.0701 e. The van der Waals surface area contributed by atoms with Gasteiger partial charge in [-0.05, 0) is 6.42 Å². The Morgan fingerprint density at radius 2 is 1.71 bits per heavy atom. The number of nitrogens with zero attached hydrogens (tertiary/aromatic N) is 1. The predicted octanol–water partition coefficient (Wildman–Crippen LogP) is 0.529. The van der Waals surface area contributed by atoms with Crippen LogP contribution in [0.3, 0.4) is 0 Å². The first-order valence-corrected chi connectivity index (χ1v) is 8.04. The largest absolute Gasteiger partial charge is 0.395 e. The summed E-state index contributed by atoms with van der Waals surface area (Å²) in [7, 11) is 0. The summed E-state index contributed by atoms with van der Waals surface area (Å²) in [4.78, 5) is 2.21. The third-order valence-corrected chi connectivity index (χ3v) is 3.47. The van der Waals surface area contributed by atoms with Crippen LogP contribution in [0.15, 0.2) is 0 Å². The molecule has 0 amide bonds. The highest BCUT2D eigenvalue weighted by Gasteiger charge is 2.21. The van der Waals surface area contributed by atoms with E-state index >= 15 is 0 Å². The first-order valence-electron chi connectivity index (χ1n) is 8.04. The Balaban J connectivity index is 1.83. The maximum absolute atomic E-state index is 9.24. The lowest BCUT2D eigenvalue weighted by Gasteiger charge is -2.34. The first kappa shape index (κ1) is 18.8. The van der Waals surface area contributed by atoms with E-state index in [1.54, 1.807) is 0 Å². The molecule has 0 aromatic carbocycles. The molecule has 21 heavy (non-hydrogen) atoms. The van der Waals surface area contributed by atoms with Gasteiger partial charge < -0.3 is 24.1 Å². The Hall–Kier alpha value is -0.240. The van der Waals surface area contributed by atoms with Gasteiger partial charge in [0.15, 0.2) is 0 Å². The van der Waals surface area contributed by atoms with Crippen LogP contribution in [0.5, 0.6) is 0 Å². The average molecular weight is 305 g/mol. The monoisotopic (exact) mass is 305 g/mol. The van der Waals surface area contributed by atoms with Crippen LogP contribution in [0.1, 0.15) is 19.8 Å². The molecular formula is C15H31NO5. The predicted molar refractivity (Wildman–Crippen MR) is 80.6 cm³/mol. The number of rotatable bonds is 13. The number of hydrogen-bond acceptors (Lipinski definition) is 6. The van der Waals surface area contributed by atoms with E-state index in [2.05, 4.69) is 11.8 Å². The number of unbranched alkanes of at least 4 members (excludes halogenated alkanes) is 1. The second kappa shape index (κ2) is 13.4. The van der Waals surface area contributed by atoms with E-state index in [-0.39, 0.29) is 12.6 Å². The summed E-state index contributed by atoms with van der Waals surface area (Å²) in [5, 5.41) is 9.24. The fourth-order valence-electron chi connectivity index (χ4n) is 2.12. The maximum atomic E-state index is 9.24. The molecular weight excluding hydrogens is 274 g/mol. The Labute approximate surface area is 128 Å². The molecule has 0 aliphatic carbocycles. The SMILES string of the molecule is CCCCOCCOCCOCCN1CCOCC1CO. The summed E-state index contributed by atoms with van der Waals surface area (Å²) in [5.41, 5.74) is 0. The van der Waals surface area contributed by atoms with Crippen LogP contribution < -0.4 is 0 Å². The van der Waals surface area contributed by atoms with Gasteiger partial charge in [-0.25, -0.2) is 0 Å². The Morgan fingerprint density at radius 1 is 1.05 bits per heavy atom. The fourth-order valence-corrected chi connectivity index (χ4v) is 2.12. The second-order valence-corrected chi connectivity index (χ2v) is 5.14. The van der Waals surface area contributed by atoms with E-state index in [4.69, 9.17) is 18.9 Å². The van der Waals surface area contributed by atoms with Crippen molar-refractivity contribution in [2.75, 3.05) is 72.6 Å². The lowest BCUT2D eigenvalue weighted by atomic mass is 10.2. The zero-order valence-electron chi connectivity index (χ0n) is 13.3. The highest BCUT2D eigenvalue weighted by molar-refractivity contribution is 4.73. The molecule has 126 valence electrons. The number of ether oxygens (including phenoxy) is 4. The molecule has 1 fully saturated rings. The summed E-state index contributed by atoms with van der Waals surface area (Å²) < 4.78 is 21.7. The van der Waals surface area contributed by atoms with Crippen LogP contribution >= 0.6 is 0 Å². The Morgan fingerprint density at radius 3 is 2.38 bits per heavy atom. The van der Waals surface area contributed by atoms with Gasteiger partial charge in [-0.2, -0.15) is 0 Å². The smallest absolute Gasteiger partial charge is 0.0701 e. The van der Waals surface area contributed by atoms with Crippen molar-refractivity contribution in [1.82, 2.24) is 4.90 Å². The quantitative estimate of drug-likeness (QED) is 0.501. The lowest BCUT2D eigenvalue weighted by Crippen LogP contribution is -2.48. The van der Waals surface area contributed by atoms with Gasteiger partial charge >= 0.3 is 0 Å². The Kier molecular flexibility index (Phi) is 12.0. The summed E-state index contributed by atoms with van der Waals surface area (Å²) in [6, 6.07) is 0.110. The van der Waals surface area contributed by atoms with Gasteiger partial charge in [-0.15, -0.1) is 0 Å². The molecule has 0 radical (unpaired) electrons. The molecule has 0 aromatic heterocycles. The number of aliphatic hydroxyl groups is 1. The minimum Gasteiger partial charge on any atom is -0.395 e. The van der Waals surface area contributed by atoms with Crippen LogP contribution in [0.25, 0.3) is 0 Å². The van der Waals surface area contributed by atoms with Gasteiger partial charge in [0.2, 0.25) is 0 Å². The normalized spacial score (nSPS) is 20.0. The molecule has 1 rings (SSSR count). The highest BCUT2D eigenvalue weighted by Crippen LogP contribution is 2.05. The van der Waals surface area contributed by atoms with Gasteiger partial charge in [0.1, 0.15) is 0 Å². The van der Waals surface area contributed by atoms with E-state index in [9.17, 15) is 5.11 Å². The summed E-state index contributed by atoms with van der Waals surface area (Å²) in [5.74, 6) is 0. The zero-order valence-corrected chi connectivity index (χ0v) is 13.3. The molecule has 1 unspecified atom stereocenters. The van der Waals surface area contributed by atoms with E-state index in [1.807, 2.05) is 0 Å². The third-order valence-electron chi connectivity index (χ3n) is 3.47. The molecule has 0 spiro atoms. The highest BCUT2D eigenvalue weighted by atomic mass is 16.5. The zero-order chi connectivity index (χ0) is 15.2. The van der Waals surface area contributed by atoms with Crippen LogP contribution in [0.4, 0.5) is 0 Å². The first-order chi connectivity index (χ1) is 10.4. The lowest BCUT2D eigenvalue weighted by molar-refractivity contribution is -0.0422. The number of hydrogen-bond donors (Lipinski definition) is 1. The van der Waals surface area contributed by atoms with Crippen molar-refractivity contribution in [3.8, 4) is 0 Å². The molecule has 0 saturated carbocycles. The summed E-state index contributed by atoms with van der Waals surface area (Å²) in [6.45, 7) is 9.29. The van der Waals surface area contributed by atoms with Crippen molar-refractivity contribution < 1.29 is 24.1 Å². The van der Waals surface area contributed by atoms with E-state index < -0.39 is 0 Å². The molecule has 1 atom stereocenters. The van der Waals surface area contributed by atoms with E-state index in [1.165, 1.54) is 0 Å². The van der Waals surface area contributed by atoms with E-state index in [0.717, 1.165) is 39.1 Å². The number of aliphatic hydroxyl groups excluding tert-OH is 1. The van der Waals surface area contributed by atoms with Crippen LogP contribution in [-0.4, -0.2) is 88.6 Å². The molecule has 1 N–H and O–H groups in total. The summed E-state index contributed by atoms with van der Waals surface area (Å²) >= 11 is 0. The second-order valence-electron chi connectivity index (χ2n) is 5.14. The van der Waals surface area contributed by atoms with Crippen LogP contribution in [-0.2, 0) is 18.9 Å². The average Bonchev–Trinajstić information content (AvgIpc) is 2.53. The molecule has 6 nitrogen and oxygen atoms in total. The van der Waals surface area contributed by atoms with Gasteiger partial charge in [-0.1, -0.05) is 13.3 Å². The molecule has 1 saturated heterocycles. The molecule has 0 aromatic rings. The fraction of sp³-hybridized carbons (Fsp3) is 1.00. The summed E-state index contributed by atoms with van der Waals surface area (Å²) in [6.07, 6.45) is 2.27. The third kappa shape index (κ3) is 9.39. The molecule has 0 bridgehead atoms. The molecule has 1 aliphatic heterocycles. The van der Waals surface area contributed by atoms with Crippen molar-refractivity contribution >= 4 is 0 Å². The van der Waals surface area contributed by atoms with Gasteiger partial charge in [0.25, 0.3) is 0 Å². The molecule has 1 heterocycles. The number of morpholine rings is 1. The van der Waals surface area contributed by atoms with Crippen LogP contribution in [0, 0.1) is 0 Å². The van der Waals surface area contributed by atoms with Gasteiger partial charge in [0.05, 0.1) is 58.9 Å². The topological polar surface area (TPSA) is 60.4 Å². The van der Waals surface area contributed by atoms with Crippen molar-refractivity contribution in [3.63, 3.8) is 0 Å². The van der Waals surface area contributed by atoms with Crippen molar-refractivity contribution in [3.05, 3.63) is 0 Å². The van der Waals surface area contributed by atoms with Crippen molar-refractivity contribution in [2.45, 2.75) is 25.8 Å². The Bertz CT molecular complexity index is 230.